The monoisotopic (exact) mass is 282 g/mol. The summed E-state index contributed by atoms with van der Waals surface area (Å²) in [6, 6.07) is 6.37. The number of hydrogen-bond acceptors (Lipinski definition) is 3. The molecule has 1 N–H and O–H groups in total. The van der Waals surface area contributed by atoms with Crippen LogP contribution in [-0.4, -0.2) is 42.7 Å². The predicted molar refractivity (Wildman–Crippen MR) is 80.9 cm³/mol. The second-order valence-corrected chi connectivity index (χ2v) is 5.63. The van der Waals surface area contributed by atoms with Gasteiger partial charge in [0.1, 0.15) is 0 Å². The summed E-state index contributed by atoms with van der Waals surface area (Å²) in [6.45, 7) is 5.73. The fourth-order valence-electron chi connectivity index (χ4n) is 2.75. The van der Waals surface area contributed by atoms with Gasteiger partial charge in [0.05, 0.1) is 17.3 Å². The minimum atomic E-state index is 0.0403. The molecule has 0 spiro atoms. The number of halogens is 1. The summed E-state index contributed by atoms with van der Waals surface area (Å²) < 4.78 is 0. The highest BCUT2D eigenvalue weighted by Gasteiger charge is 2.22. The zero-order chi connectivity index (χ0) is 13.8. The highest BCUT2D eigenvalue weighted by Crippen LogP contribution is 2.30. The van der Waals surface area contributed by atoms with E-state index in [4.69, 9.17) is 16.7 Å². The normalized spacial score (nSPS) is 17.7. The van der Waals surface area contributed by atoms with E-state index in [9.17, 15) is 0 Å². The van der Waals surface area contributed by atoms with Crippen molar-refractivity contribution < 1.29 is 5.11 Å². The summed E-state index contributed by atoms with van der Waals surface area (Å²) in [6.07, 6.45) is 2.37. The standard InChI is InChI=1S/C15H23ClN2O/c1-3-18-8-6-13(7-9-18)17(2)15-5-4-12(11-19)10-14(15)16/h4-5,10,13,19H,3,6-9,11H2,1-2H3. The van der Waals surface area contributed by atoms with Crippen molar-refractivity contribution in [3.8, 4) is 0 Å². The molecule has 0 bridgehead atoms. The van der Waals surface area contributed by atoms with Gasteiger partial charge < -0.3 is 14.9 Å². The minimum Gasteiger partial charge on any atom is -0.392 e. The number of benzene rings is 1. The molecule has 4 heteroatoms. The van der Waals surface area contributed by atoms with Gasteiger partial charge >= 0.3 is 0 Å². The van der Waals surface area contributed by atoms with Crippen LogP contribution in [0.25, 0.3) is 0 Å². The summed E-state index contributed by atoms with van der Waals surface area (Å²) in [5, 5.41) is 9.85. The van der Waals surface area contributed by atoms with E-state index in [-0.39, 0.29) is 6.61 Å². The van der Waals surface area contributed by atoms with E-state index in [1.54, 1.807) is 0 Å². The molecule has 1 aliphatic heterocycles. The molecule has 1 fully saturated rings. The fraction of sp³-hybridized carbons (Fsp3) is 0.600. The van der Waals surface area contributed by atoms with Crippen LogP contribution in [0.3, 0.4) is 0 Å². The Hall–Kier alpha value is -0.770. The molecule has 0 aromatic heterocycles. The first-order valence-corrected chi connectivity index (χ1v) is 7.38. The van der Waals surface area contributed by atoms with E-state index in [1.165, 1.54) is 12.8 Å². The Balaban J connectivity index is 2.05. The number of aliphatic hydroxyl groups is 1. The number of anilines is 1. The van der Waals surface area contributed by atoms with Gasteiger partial charge in [-0.3, -0.25) is 0 Å². The molecule has 0 saturated carbocycles. The van der Waals surface area contributed by atoms with Crippen LogP contribution in [0, 0.1) is 0 Å². The average Bonchev–Trinajstić information content (AvgIpc) is 2.46. The van der Waals surface area contributed by atoms with E-state index in [0.717, 1.165) is 35.9 Å². The topological polar surface area (TPSA) is 26.7 Å². The third-order valence-electron chi connectivity index (χ3n) is 4.13. The van der Waals surface area contributed by atoms with Gasteiger partial charge in [0, 0.05) is 26.2 Å². The molecule has 1 heterocycles. The van der Waals surface area contributed by atoms with Crippen molar-refractivity contribution in [2.75, 3.05) is 31.6 Å². The van der Waals surface area contributed by atoms with Gasteiger partial charge in [-0.15, -0.1) is 0 Å². The summed E-state index contributed by atoms with van der Waals surface area (Å²) in [5.41, 5.74) is 1.93. The van der Waals surface area contributed by atoms with Gasteiger partial charge in [-0.1, -0.05) is 24.6 Å². The smallest absolute Gasteiger partial charge is 0.0682 e. The summed E-state index contributed by atoms with van der Waals surface area (Å²) in [5.74, 6) is 0. The first-order chi connectivity index (χ1) is 9.15. The number of nitrogens with zero attached hydrogens (tertiary/aromatic N) is 2. The Bertz CT molecular complexity index is 417. The van der Waals surface area contributed by atoms with Gasteiger partial charge in [-0.25, -0.2) is 0 Å². The zero-order valence-electron chi connectivity index (χ0n) is 11.8. The minimum absolute atomic E-state index is 0.0403. The molecule has 1 aromatic rings. The van der Waals surface area contributed by atoms with Gasteiger partial charge in [-0.2, -0.15) is 0 Å². The Morgan fingerprint density at radius 2 is 2.05 bits per heavy atom. The van der Waals surface area contributed by atoms with Crippen LogP contribution in [0.15, 0.2) is 18.2 Å². The van der Waals surface area contributed by atoms with Gasteiger partial charge in [0.2, 0.25) is 0 Å². The molecule has 1 aliphatic rings. The molecule has 0 aliphatic carbocycles. The molecular formula is C15H23ClN2O. The van der Waals surface area contributed by atoms with Gasteiger partial charge in [-0.05, 0) is 37.1 Å². The van der Waals surface area contributed by atoms with Gasteiger partial charge in [0.25, 0.3) is 0 Å². The molecule has 19 heavy (non-hydrogen) atoms. The highest BCUT2D eigenvalue weighted by molar-refractivity contribution is 6.33. The highest BCUT2D eigenvalue weighted by atomic mass is 35.5. The molecule has 0 radical (unpaired) electrons. The maximum Gasteiger partial charge on any atom is 0.0682 e. The quantitative estimate of drug-likeness (QED) is 0.920. The maximum atomic E-state index is 9.12. The lowest BCUT2D eigenvalue weighted by Gasteiger charge is -2.37. The third-order valence-corrected chi connectivity index (χ3v) is 4.43. The van der Waals surface area contributed by atoms with Crippen molar-refractivity contribution in [3.63, 3.8) is 0 Å². The lowest BCUT2D eigenvalue weighted by atomic mass is 10.0. The summed E-state index contributed by atoms with van der Waals surface area (Å²) in [4.78, 5) is 4.78. The number of rotatable bonds is 4. The molecule has 106 valence electrons. The lowest BCUT2D eigenvalue weighted by Crippen LogP contribution is -2.43. The number of hydrogen-bond donors (Lipinski definition) is 1. The fourth-order valence-corrected chi connectivity index (χ4v) is 3.09. The maximum absolute atomic E-state index is 9.12. The first kappa shape index (κ1) is 14.6. The van der Waals surface area contributed by atoms with Crippen molar-refractivity contribution in [2.45, 2.75) is 32.4 Å². The van der Waals surface area contributed by atoms with Gasteiger partial charge in [0.15, 0.2) is 0 Å². The van der Waals surface area contributed by atoms with E-state index in [2.05, 4.69) is 23.8 Å². The SMILES string of the molecule is CCN1CCC(N(C)c2ccc(CO)cc2Cl)CC1. The Kier molecular flexibility index (Phi) is 5.08. The van der Waals surface area contributed by atoms with E-state index in [1.807, 2.05) is 18.2 Å². The van der Waals surface area contributed by atoms with Crippen molar-refractivity contribution in [1.29, 1.82) is 0 Å². The molecule has 0 atom stereocenters. The van der Waals surface area contributed by atoms with Crippen LogP contribution in [0.2, 0.25) is 5.02 Å². The van der Waals surface area contributed by atoms with Crippen LogP contribution in [0.5, 0.6) is 0 Å². The molecule has 0 unspecified atom stereocenters. The Morgan fingerprint density at radius 3 is 2.58 bits per heavy atom. The third kappa shape index (κ3) is 3.41. The van der Waals surface area contributed by atoms with Crippen molar-refractivity contribution in [1.82, 2.24) is 4.90 Å². The molecule has 3 nitrogen and oxygen atoms in total. The van der Waals surface area contributed by atoms with Crippen LogP contribution in [0.4, 0.5) is 5.69 Å². The summed E-state index contributed by atoms with van der Waals surface area (Å²) >= 11 is 6.32. The molecule has 0 amide bonds. The molecule has 1 saturated heterocycles. The first-order valence-electron chi connectivity index (χ1n) is 7.00. The Labute approximate surface area is 120 Å². The second kappa shape index (κ2) is 6.60. The number of likely N-dealkylation sites (tertiary alicyclic amines) is 1. The van der Waals surface area contributed by atoms with E-state index in [0.29, 0.717) is 6.04 Å². The lowest BCUT2D eigenvalue weighted by molar-refractivity contribution is 0.221. The molecular weight excluding hydrogens is 260 g/mol. The van der Waals surface area contributed by atoms with Crippen molar-refractivity contribution in [3.05, 3.63) is 28.8 Å². The van der Waals surface area contributed by atoms with E-state index < -0.39 is 0 Å². The van der Waals surface area contributed by atoms with Crippen molar-refractivity contribution in [2.24, 2.45) is 0 Å². The summed E-state index contributed by atoms with van der Waals surface area (Å²) in [7, 11) is 2.12. The van der Waals surface area contributed by atoms with E-state index >= 15 is 0 Å². The van der Waals surface area contributed by atoms with Crippen LogP contribution in [0.1, 0.15) is 25.3 Å². The van der Waals surface area contributed by atoms with Crippen LogP contribution in [-0.2, 0) is 6.61 Å². The molecule has 2 rings (SSSR count). The Morgan fingerprint density at radius 1 is 1.37 bits per heavy atom. The number of piperidine rings is 1. The number of aliphatic hydroxyl groups excluding tert-OH is 1. The molecule has 1 aromatic carbocycles. The van der Waals surface area contributed by atoms with Crippen LogP contribution < -0.4 is 4.90 Å². The second-order valence-electron chi connectivity index (χ2n) is 5.22. The predicted octanol–water partition coefficient (Wildman–Crippen LogP) is 2.75. The zero-order valence-corrected chi connectivity index (χ0v) is 12.5. The largest absolute Gasteiger partial charge is 0.392 e. The average molecular weight is 283 g/mol. The van der Waals surface area contributed by atoms with Crippen molar-refractivity contribution >= 4 is 17.3 Å². The van der Waals surface area contributed by atoms with Crippen LogP contribution >= 0.6 is 11.6 Å².